The van der Waals surface area contributed by atoms with Crippen molar-refractivity contribution in [1.82, 2.24) is 5.32 Å². The third kappa shape index (κ3) is 5.82. The van der Waals surface area contributed by atoms with Crippen LogP contribution >= 0.6 is 11.6 Å². The number of rotatable bonds is 7. The minimum atomic E-state index is 0.716. The fourth-order valence-corrected chi connectivity index (χ4v) is 3.20. The van der Waals surface area contributed by atoms with Gasteiger partial charge in [0.2, 0.25) is 0 Å². The van der Waals surface area contributed by atoms with Crippen LogP contribution in [0.4, 0.5) is 0 Å². The summed E-state index contributed by atoms with van der Waals surface area (Å²) in [6.07, 6.45) is 9.06. The maximum absolute atomic E-state index is 6.10. The van der Waals surface area contributed by atoms with Gasteiger partial charge in [-0.1, -0.05) is 54.6 Å². The number of ether oxygens (including phenoxy) is 1. The van der Waals surface area contributed by atoms with Gasteiger partial charge in [0.05, 0.1) is 6.61 Å². The Hall–Kier alpha value is -0.830. The molecule has 1 saturated carbocycles. The number of nitrogens with one attached hydrogen (secondary N) is 1. The Kier molecular flexibility index (Phi) is 7.28. The van der Waals surface area contributed by atoms with Gasteiger partial charge in [-0.2, -0.15) is 0 Å². The van der Waals surface area contributed by atoms with Crippen LogP contribution in [-0.2, 0) is 4.74 Å². The first-order valence-corrected chi connectivity index (χ1v) is 8.33. The standard InChI is InChI=1S/C18H26ClNO/c1-21-11-10-20-14-17(16-7-3-2-4-8-16)12-15-6-5-9-18(19)13-15/h5-6,9,12-13,16,20H,2-4,7-8,10-11,14H2,1H3/b17-12-. The normalized spacial score (nSPS) is 17.1. The fourth-order valence-electron chi connectivity index (χ4n) is 3.00. The highest BCUT2D eigenvalue weighted by Crippen LogP contribution is 2.30. The summed E-state index contributed by atoms with van der Waals surface area (Å²) < 4.78 is 5.10. The maximum Gasteiger partial charge on any atom is 0.0587 e. The summed E-state index contributed by atoms with van der Waals surface area (Å²) in [5.74, 6) is 0.716. The molecule has 0 saturated heterocycles. The van der Waals surface area contributed by atoms with Crippen LogP contribution < -0.4 is 5.32 Å². The van der Waals surface area contributed by atoms with Crippen molar-refractivity contribution in [3.63, 3.8) is 0 Å². The average Bonchev–Trinajstić information content (AvgIpc) is 2.51. The van der Waals surface area contributed by atoms with Crippen LogP contribution in [0.25, 0.3) is 6.08 Å². The van der Waals surface area contributed by atoms with Crippen molar-refractivity contribution >= 4 is 17.7 Å². The third-order valence-corrected chi connectivity index (χ3v) is 4.38. The van der Waals surface area contributed by atoms with E-state index in [4.69, 9.17) is 16.3 Å². The molecule has 1 N–H and O–H groups in total. The first kappa shape index (κ1) is 16.5. The number of hydrogen-bond acceptors (Lipinski definition) is 2. The Morgan fingerprint density at radius 3 is 2.86 bits per heavy atom. The topological polar surface area (TPSA) is 21.3 Å². The van der Waals surface area contributed by atoms with Crippen LogP contribution in [0, 0.1) is 5.92 Å². The molecule has 0 spiro atoms. The zero-order chi connectivity index (χ0) is 14.9. The lowest BCUT2D eigenvalue weighted by atomic mass is 9.83. The summed E-state index contributed by atoms with van der Waals surface area (Å²) in [4.78, 5) is 0. The van der Waals surface area contributed by atoms with Gasteiger partial charge >= 0.3 is 0 Å². The second kappa shape index (κ2) is 9.24. The van der Waals surface area contributed by atoms with Gasteiger partial charge in [-0.05, 0) is 36.5 Å². The van der Waals surface area contributed by atoms with E-state index >= 15 is 0 Å². The second-order valence-electron chi connectivity index (χ2n) is 5.78. The average molecular weight is 308 g/mol. The molecule has 116 valence electrons. The van der Waals surface area contributed by atoms with Gasteiger partial charge in [0.15, 0.2) is 0 Å². The molecule has 0 heterocycles. The van der Waals surface area contributed by atoms with E-state index in [1.54, 1.807) is 7.11 Å². The Morgan fingerprint density at radius 2 is 2.14 bits per heavy atom. The van der Waals surface area contributed by atoms with Gasteiger partial charge < -0.3 is 10.1 Å². The van der Waals surface area contributed by atoms with E-state index in [0.717, 1.165) is 24.7 Å². The van der Waals surface area contributed by atoms with Gasteiger partial charge in [0, 0.05) is 25.2 Å². The molecule has 1 aromatic carbocycles. The fraction of sp³-hybridized carbons (Fsp3) is 0.556. The van der Waals surface area contributed by atoms with Crippen molar-refractivity contribution in [2.24, 2.45) is 5.92 Å². The first-order valence-electron chi connectivity index (χ1n) is 7.95. The van der Waals surface area contributed by atoms with E-state index in [2.05, 4.69) is 17.5 Å². The van der Waals surface area contributed by atoms with Crippen LogP contribution in [-0.4, -0.2) is 26.8 Å². The van der Waals surface area contributed by atoms with Gasteiger partial charge in [-0.15, -0.1) is 0 Å². The number of halogens is 1. The van der Waals surface area contributed by atoms with E-state index in [0.29, 0.717) is 5.92 Å². The number of hydrogen-bond donors (Lipinski definition) is 1. The molecule has 1 aliphatic carbocycles. The van der Waals surface area contributed by atoms with Crippen LogP contribution in [0.5, 0.6) is 0 Å². The molecule has 3 heteroatoms. The minimum absolute atomic E-state index is 0.716. The van der Waals surface area contributed by atoms with Gasteiger partial charge in [-0.3, -0.25) is 0 Å². The van der Waals surface area contributed by atoms with E-state index in [-0.39, 0.29) is 0 Å². The molecule has 2 rings (SSSR count). The molecule has 1 aliphatic rings. The van der Waals surface area contributed by atoms with E-state index < -0.39 is 0 Å². The van der Waals surface area contributed by atoms with Gasteiger partial charge in [0.25, 0.3) is 0 Å². The van der Waals surface area contributed by atoms with E-state index in [1.807, 2.05) is 18.2 Å². The van der Waals surface area contributed by atoms with Crippen LogP contribution in [0.2, 0.25) is 5.02 Å². The predicted octanol–water partition coefficient (Wildman–Crippen LogP) is 4.54. The van der Waals surface area contributed by atoms with Crippen molar-refractivity contribution in [1.29, 1.82) is 0 Å². The molecule has 0 radical (unpaired) electrons. The summed E-state index contributed by atoms with van der Waals surface area (Å²) in [5, 5.41) is 4.30. The number of benzene rings is 1. The molecular weight excluding hydrogens is 282 g/mol. The Balaban J connectivity index is 2.06. The molecule has 0 bridgehead atoms. The largest absolute Gasteiger partial charge is 0.383 e. The molecule has 0 atom stereocenters. The molecule has 0 aliphatic heterocycles. The zero-order valence-corrected chi connectivity index (χ0v) is 13.7. The molecule has 21 heavy (non-hydrogen) atoms. The van der Waals surface area contributed by atoms with Gasteiger partial charge in [0.1, 0.15) is 0 Å². The van der Waals surface area contributed by atoms with Crippen molar-refractivity contribution in [3.05, 3.63) is 40.4 Å². The van der Waals surface area contributed by atoms with Crippen LogP contribution in [0.15, 0.2) is 29.8 Å². The summed E-state index contributed by atoms with van der Waals surface area (Å²) in [6, 6.07) is 8.12. The molecule has 1 fully saturated rings. The Labute approximate surface area is 133 Å². The monoisotopic (exact) mass is 307 g/mol. The van der Waals surface area contributed by atoms with Crippen molar-refractivity contribution in [2.75, 3.05) is 26.8 Å². The lowest BCUT2D eigenvalue weighted by molar-refractivity contribution is 0.200. The van der Waals surface area contributed by atoms with E-state index in [1.165, 1.54) is 43.2 Å². The first-order chi connectivity index (χ1) is 10.3. The smallest absolute Gasteiger partial charge is 0.0587 e. The Bertz CT molecular complexity index is 452. The molecule has 0 aromatic heterocycles. The molecule has 0 amide bonds. The SMILES string of the molecule is COCCNC/C(=C/c1cccc(Cl)c1)C1CCCCC1. The quantitative estimate of drug-likeness (QED) is 0.747. The maximum atomic E-state index is 6.10. The second-order valence-corrected chi connectivity index (χ2v) is 6.22. The highest BCUT2D eigenvalue weighted by Gasteiger charge is 2.17. The van der Waals surface area contributed by atoms with Crippen LogP contribution in [0.3, 0.4) is 0 Å². The lowest BCUT2D eigenvalue weighted by Gasteiger charge is -2.25. The third-order valence-electron chi connectivity index (χ3n) is 4.14. The number of methoxy groups -OCH3 is 1. The highest BCUT2D eigenvalue weighted by molar-refractivity contribution is 6.30. The highest BCUT2D eigenvalue weighted by atomic mass is 35.5. The van der Waals surface area contributed by atoms with Crippen LogP contribution in [0.1, 0.15) is 37.7 Å². The lowest BCUT2D eigenvalue weighted by Crippen LogP contribution is -2.25. The van der Waals surface area contributed by atoms with Gasteiger partial charge in [-0.25, -0.2) is 0 Å². The summed E-state index contributed by atoms with van der Waals surface area (Å²) in [7, 11) is 1.74. The molecule has 1 aromatic rings. The zero-order valence-electron chi connectivity index (χ0n) is 12.9. The van der Waals surface area contributed by atoms with Crippen molar-refractivity contribution in [3.8, 4) is 0 Å². The summed E-state index contributed by atoms with van der Waals surface area (Å²) in [6.45, 7) is 2.60. The minimum Gasteiger partial charge on any atom is -0.383 e. The molecular formula is C18H26ClNO. The molecule has 0 unspecified atom stereocenters. The van der Waals surface area contributed by atoms with Crippen molar-refractivity contribution in [2.45, 2.75) is 32.1 Å². The van der Waals surface area contributed by atoms with E-state index in [9.17, 15) is 0 Å². The van der Waals surface area contributed by atoms with Crippen molar-refractivity contribution < 1.29 is 4.74 Å². The molecule has 2 nitrogen and oxygen atoms in total. The summed E-state index contributed by atoms with van der Waals surface area (Å²) in [5.41, 5.74) is 2.71. The Morgan fingerprint density at radius 1 is 1.33 bits per heavy atom. The summed E-state index contributed by atoms with van der Waals surface area (Å²) >= 11 is 6.10. The predicted molar refractivity (Wildman–Crippen MR) is 90.7 cm³/mol.